The van der Waals surface area contributed by atoms with E-state index in [0.717, 1.165) is 11.3 Å². The molecule has 1 aliphatic heterocycles. The van der Waals surface area contributed by atoms with Crippen LogP contribution in [0.15, 0.2) is 83.9 Å². The number of hydrogen-bond acceptors (Lipinski definition) is 5. The maximum atomic E-state index is 13.3. The number of hydrogen-bond donors (Lipinski definition) is 1. The Balaban J connectivity index is 1.46. The van der Waals surface area contributed by atoms with Gasteiger partial charge in [0, 0.05) is 18.7 Å². The summed E-state index contributed by atoms with van der Waals surface area (Å²) >= 11 is 1.26. The summed E-state index contributed by atoms with van der Waals surface area (Å²) in [6.45, 7) is 2.91. The number of amides is 2. The summed E-state index contributed by atoms with van der Waals surface area (Å²) in [4.78, 5) is 32.2. The van der Waals surface area contributed by atoms with Crippen molar-refractivity contribution in [1.82, 2.24) is 4.90 Å². The molecule has 0 aromatic heterocycles. The molecule has 1 fully saturated rings. The van der Waals surface area contributed by atoms with Crippen LogP contribution in [0.5, 0.6) is 5.75 Å². The number of carbonyl (C=O) groups excluding carboxylic acids is 2. The molecule has 0 bridgehead atoms. The van der Waals surface area contributed by atoms with Crippen molar-refractivity contribution < 1.29 is 18.7 Å². The number of nitrogens with zero attached hydrogens (tertiary/aromatic N) is 2. The highest BCUT2D eigenvalue weighted by molar-refractivity contribution is 8.15. The number of anilines is 1. The number of nitrogens with one attached hydrogen (secondary N) is 1. The fraction of sp³-hybridized carbons (Fsp3) is 0.222. The molecule has 2 amide bonds. The fourth-order valence-corrected chi connectivity index (χ4v) is 4.81. The van der Waals surface area contributed by atoms with Crippen LogP contribution in [0.2, 0.25) is 0 Å². The summed E-state index contributed by atoms with van der Waals surface area (Å²) in [6.07, 6.45) is 0.668. The number of halogens is 1. The summed E-state index contributed by atoms with van der Waals surface area (Å²) < 4.78 is 18.7. The molecule has 1 aliphatic rings. The second-order valence-electron chi connectivity index (χ2n) is 7.91. The minimum Gasteiger partial charge on any atom is -0.494 e. The van der Waals surface area contributed by atoms with Gasteiger partial charge in [-0.2, -0.15) is 0 Å². The Morgan fingerprint density at radius 3 is 2.46 bits per heavy atom. The van der Waals surface area contributed by atoms with Crippen LogP contribution in [0.4, 0.5) is 15.8 Å². The van der Waals surface area contributed by atoms with Crippen LogP contribution in [0.25, 0.3) is 0 Å². The van der Waals surface area contributed by atoms with Gasteiger partial charge in [0.05, 0.1) is 12.3 Å². The molecule has 35 heavy (non-hydrogen) atoms. The van der Waals surface area contributed by atoms with Gasteiger partial charge in [0.2, 0.25) is 11.8 Å². The smallest absolute Gasteiger partial charge is 0.242 e. The monoisotopic (exact) mass is 491 g/mol. The third kappa shape index (κ3) is 6.70. The van der Waals surface area contributed by atoms with Crippen LogP contribution >= 0.6 is 11.8 Å². The van der Waals surface area contributed by atoms with Crippen molar-refractivity contribution in [2.24, 2.45) is 4.99 Å². The summed E-state index contributed by atoms with van der Waals surface area (Å²) in [6, 6.07) is 22.8. The van der Waals surface area contributed by atoms with E-state index in [1.807, 2.05) is 37.3 Å². The third-order valence-corrected chi connectivity index (χ3v) is 6.53. The largest absolute Gasteiger partial charge is 0.494 e. The summed E-state index contributed by atoms with van der Waals surface area (Å²) in [5, 5.41) is 2.76. The molecule has 1 N–H and O–H groups in total. The SMILES string of the molecule is CCOc1ccc(NC(=O)CC2SC(=Nc3ccc(F)cc3)N(CCc3ccccc3)C2=O)cc1. The van der Waals surface area contributed by atoms with Gasteiger partial charge in [0.1, 0.15) is 16.8 Å². The van der Waals surface area contributed by atoms with Gasteiger partial charge in [-0.3, -0.25) is 14.5 Å². The quantitative estimate of drug-likeness (QED) is 0.434. The number of thioether (sulfide) groups is 1. The number of rotatable bonds is 9. The highest BCUT2D eigenvalue weighted by Crippen LogP contribution is 2.32. The van der Waals surface area contributed by atoms with Crippen LogP contribution in [-0.4, -0.2) is 40.3 Å². The van der Waals surface area contributed by atoms with Crippen LogP contribution in [0, 0.1) is 5.82 Å². The van der Waals surface area contributed by atoms with E-state index in [0.29, 0.717) is 36.1 Å². The molecule has 3 aromatic carbocycles. The molecule has 1 atom stereocenters. The van der Waals surface area contributed by atoms with E-state index in [4.69, 9.17) is 4.74 Å². The van der Waals surface area contributed by atoms with Crippen molar-refractivity contribution in [3.8, 4) is 5.75 Å². The molecule has 0 aliphatic carbocycles. The Morgan fingerprint density at radius 2 is 1.77 bits per heavy atom. The first-order valence-corrected chi connectivity index (χ1v) is 12.3. The molecule has 0 radical (unpaired) electrons. The molecule has 4 rings (SSSR count). The van der Waals surface area contributed by atoms with Gasteiger partial charge in [-0.1, -0.05) is 42.1 Å². The molecule has 180 valence electrons. The van der Waals surface area contributed by atoms with Crippen molar-refractivity contribution in [3.05, 3.63) is 90.2 Å². The lowest BCUT2D eigenvalue weighted by Gasteiger charge is -2.16. The Kier molecular flexibility index (Phi) is 8.15. The lowest BCUT2D eigenvalue weighted by Crippen LogP contribution is -2.35. The van der Waals surface area contributed by atoms with Gasteiger partial charge in [-0.05, 0) is 67.4 Å². The lowest BCUT2D eigenvalue weighted by atomic mass is 10.1. The van der Waals surface area contributed by atoms with Gasteiger partial charge in [-0.15, -0.1) is 0 Å². The van der Waals surface area contributed by atoms with E-state index < -0.39 is 5.25 Å². The lowest BCUT2D eigenvalue weighted by molar-refractivity contribution is -0.128. The van der Waals surface area contributed by atoms with E-state index >= 15 is 0 Å². The Hall–Kier alpha value is -3.65. The van der Waals surface area contributed by atoms with Crippen LogP contribution in [0.3, 0.4) is 0 Å². The average molecular weight is 492 g/mol. The van der Waals surface area contributed by atoms with E-state index in [1.165, 1.54) is 23.9 Å². The molecule has 1 saturated heterocycles. The van der Waals surface area contributed by atoms with E-state index in [1.54, 1.807) is 41.3 Å². The van der Waals surface area contributed by atoms with Crippen molar-refractivity contribution in [2.75, 3.05) is 18.5 Å². The molecular weight excluding hydrogens is 465 g/mol. The topological polar surface area (TPSA) is 71.0 Å². The Bertz CT molecular complexity index is 1180. The van der Waals surface area contributed by atoms with E-state index in [2.05, 4.69) is 10.3 Å². The van der Waals surface area contributed by atoms with Crippen molar-refractivity contribution in [1.29, 1.82) is 0 Å². The standard InChI is InChI=1S/C27H26FN3O3S/c1-2-34-23-14-12-21(13-15-23)29-25(32)18-24-26(33)31(17-16-19-6-4-3-5-7-19)27(35-24)30-22-10-8-20(28)9-11-22/h3-15,24H,2,16-18H2,1H3,(H,29,32). The van der Waals surface area contributed by atoms with E-state index in [9.17, 15) is 14.0 Å². The highest BCUT2D eigenvalue weighted by atomic mass is 32.2. The van der Waals surface area contributed by atoms with Gasteiger partial charge >= 0.3 is 0 Å². The molecule has 1 unspecified atom stereocenters. The zero-order valence-electron chi connectivity index (χ0n) is 19.3. The molecule has 6 nitrogen and oxygen atoms in total. The predicted molar refractivity (Wildman–Crippen MR) is 138 cm³/mol. The number of benzene rings is 3. The average Bonchev–Trinajstić information content (AvgIpc) is 3.14. The fourth-order valence-electron chi connectivity index (χ4n) is 3.62. The summed E-state index contributed by atoms with van der Waals surface area (Å²) in [5.74, 6) is -0.0451. The number of ether oxygens (including phenoxy) is 1. The van der Waals surface area contributed by atoms with Gasteiger partial charge < -0.3 is 10.1 Å². The van der Waals surface area contributed by atoms with Crippen LogP contribution in [-0.2, 0) is 16.0 Å². The van der Waals surface area contributed by atoms with Crippen LogP contribution < -0.4 is 10.1 Å². The molecule has 8 heteroatoms. The zero-order chi connectivity index (χ0) is 24.6. The number of carbonyl (C=O) groups is 2. The molecule has 0 spiro atoms. The molecule has 0 saturated carbocycles. The van der Waals surface area contributed by atoms with Gasteiger partial charge in [0.25, 0.3) is 0 Å². The zero-order valence-corrected chi connectivity index (χ0v) is 20.1. The first-order chi connectivity index (χ1) is 17.0. The second kappa shape index (κ2) is 11.7. The summed E-state index contributed by atoms with van der Waals surface area (Å²) in [7, 11) is 0. The van der Waals surface area contributed by atoms with Crippen LogP contribution in [0.1, 0.15) is 18.9 Å². The Labute approximate surface area is 208 Å². The third-order valence-electron chi connectivity index (χ3n) is 5.36. The Morgan fingerprint density at radius 1 is 1.06 bits per heavy atom. The maximum Gasteiger partial charge on any atom is 0.242 e. The maximum absolute atomic E-state index is 13.3. The van der Waals surface area contributed by atoms with Crippen molar-refractivity contribution in [2.45, 2.75) is 25.0 Å². The summed E-state index contributed by atoms with van der Waals surface area (Å²) in [5.41, 5.74) is 2.28. The van der Waals surface area contributed by atoms with Crippen molar-refractivity contribution >= 4 is 40.1 Å². The van der Waals surface area contributed by atoms with Crippen molar-refractivity contribution in [3.63, 3.8) is 0 Å². The second-order valence-corrected chi connectivity index (χ2v) is 9.08. The number of aliphatic imine (C=N–C) groups is 1. The van der Waals surface area contributed by atoms with E-state index in [-0.39, 0.29) is 24.1 Å². The van der Waals surface area contributed by atoms with Gasteiger partial charge in [-0.25, -0.2) is 9.38 Å². The minimum absolute atomic E-state index is 0.0149. The highest BCUT2D eigenvalue weighted by Gasteiger charge is 2.39. The first kappa shape index (κ1) is 24.5. The van der Waals surface area contributed by atoms with Gasteiger partial charge in [0.15, 0.2) is 5.17 Å². The predicted octanol–water partition coefficient (Wildman–Crippen LogP) is 5.43. The number of amidine groups is 1. The molecule has 1 heterocycles. The normalized spacial score (nSPS) is 16.5. The molecule has 3 aromatic rings. The minimum atomic E-state index is -0.590. The molecular formula is C27H26FN3O3S. The first-order valence-electron chi connectivity index (χ1n) is 11.4.